The Balaban J connectivity index is 0.00000272. The topological polar surface area (TPSA) is 57.5 Å². The van der Waals surface area contributed by atoms with Crippen LogP contribution in [-0.4, -0.2) is 47.8 Å². The lowest BCUT2D eigenvalue weighted by Gasteiger charge is -2.39. The summed E-state index contributed by atoms with van der Waals surface area (Å²) in [6, 6.07) is 17.1. The van der Waals surface area contributed by atoms with Crippen molar-refractivity contribution >= 4 is 41.3 Å². The third-order valence-electron chi connectivity index (χ3n) is 5.70. The number of hydrogen-bond donors (Lipinski definition) is 2. The number of hydrogen-bond acceptors (Lipinski definition) is 4. The van der Waals surface area contributed by atoms with E-state index >= 15 is 0 Å². The second-order valence-electron chi connectivity index (χ2n) is 7.74. The molecule has 0 amide bonds. The van der Waals surface area contributed by atoms with Crippen LogP contribution in [0.5, 0.6) is 0 Å². The first-order valence-corrected chi connectivity index (χ1v) is 11.4. The number of rotatable bonds is 6. The number of benzene rings is 1. The molecular formula is C23H31IN6S. The molecule has 8 heteroatoms. The summed E-state index contributed by atoms with van der Waals surface area (Å²) in [7, 11) is 4.06. The Kier molecular flexibility index (Phi) is 8.91. The van der Waals surface area contributed by atoms with Crippen molar-refractivity contribution < 1.29 is 0 Å². The first kappa shape index (κ1) is 23.7. The summed E-state index contributed by atoms with van der Waals surface area (Å²) in [4.78, 5) is 8.36. The number of thiophene rings is 1. The number of aromatic nitrogens is 2. The molecule has 0 aliphatic carbocycles. The minimum Gasteiger partial charge on any atom is -0.356 e. The summed E-state index contributed by atoms with van der Waals surface area (Å²) in [6.07, 6.45) is 4.47. The molecule has 4 rings (SSSR count). The monoisotopic (exact) mass is 550 g/mol. The van der Waals surface area contributed by atoms with E-state index in [1.54, 1.807) is 0 Å². The maximum absolute atomic E-state index is 4.66. The molecule has 2 unspecified atom stereocenters. The Morgan fingerprint density at radius 3 is 2.74 bits per heavy atom. The fourth-order valence-corrected chi connectivity index (χ4v) is 5.17. The Morgan fingerprint density at radius 2 is 2.00 bits per heavy atom. The van der Waals surface area contributed by atoms with Gasteiger partial charge in [0, 0.05) is 30.7 Å². The first-order chi connectivity index (χ1) is 14.7. The van der Waals surface area contributed by atoms with Gasteiger partial charge in [-0.1, -0.05) is 24.3 Å². The minimum absolute atomic E-state index is 0. The van der Waals surface area contributed by atoms with E-state index < -0.39 is 0 Å². The zero-order valence-electron chi connectivity index (χ0n) is 18.1. The summed E-state index contributed by atoms with van der Waals surface area (Å²) < 4.78 is 1.90. The molecule has 1 aromatic carbocycles. The van der Waals surface area contributed by atoms with Gasteiger partial charge < -0.3 is 10.6 Å². The van der Waals surface area contributed by atoms with Gasteiger partial charge in [0.15, 0.2) is 5.96 Å². The fourth-order valence-electron chi connectivity index (χ4n) is 4.19. The molecule has 1 saturated heterocycles. The number of nitrogens with one attached hydrogen (secondary N) is 2. The second-order valence-corrected chi connectivity index (χ2v) is 8.72. The highest BCUT2D eigenvalue weighted by molar-refractivity contribution is 14.0. The van der Waals surface area contributed by atoms with E-state index in [4.69, 9.17) is 0 Å². The molecule has 3 aromatic rings. The molecule has 3 heterocycles. The van der Waals surface area contributed by atoms with Crippen LogP contribution in [0.3, 0.4) is 0 Å². The third-order valence-corrected chi connectivity index (χ3v) is 6.64. The lowest BCUT2D eigenvalue weighted by Crippen LogP contribution is -2.44. The highest BCUT2D eigenvalue weighted by Gasteiger charge is 2.31. The van der Waals surface area contributed by atoms with Gasteiger partial charge >= 0.3 is 0 Å². The van der Waals surface area contributed by atoms with Gasteiger partial charge in [-0.3, -0.25) is 9.89 Å². The molecule has 0 saturated carbocycles. The smallest absolute Gasteiger partial charge is 0.191 e. The van der Waals surface area contributed by atoms with E-state index in [-0.39, 0.29) is 24.0 Å². The fraction of sp³-hybridized carbons (Fsp3) is 0.391. The van der Waals surface area contributed by atoms with Gasteiger partial charge in [-0.25, -0.2) is 4.68 Å². The van der Waals surface area contributed by atoms with Gasteiger partial charge in [0.25, 0.3) is 0 Å². The molecule has 0 bridgehead atoms. The number of para-hydroxylation sites is 1. The molecule has 0 spiro atoms. The number of nitrogens with zero attached hydrogens (tertiary/aromatic N) is 4. The normalized spacial score (nSPS) is 19.6. The molecular weight excluding hydrogens is 519 g/mol. The van der Waals surface area contributed by atoms with Gasteiger partial charge in [0.05, 0.1) is 17.9 Å². The zero-order chi connectivity index (χ0) is 20.8. The van der Waals surface area contributed by atoms with Crippen LogP contribution in [-0.2, 0) is 6.54 Å². The van der Waals surface area contributed by atoms with Crippen LogP contribution in [0.4, 0.5) is 0 Å². The summed E-state index contributed by atoms with van der Waals surface area (Å²) in [6.45, 7) is 2.71. The van der Waals surface area contributed by atoms with E-state index in [1.165, 1.54) is 17.7 Å². The predicted molar refractivity (Wildman–Crippen MR) is 140 cm³/mol. The SMILES string of the molecule is CN=C(NCc1ccn(-c2ccccc2)n1)NCC1CCCN(C)C1c1cccs1.I. The Hall–Kier alpha value is -1.91. The second kappa shape index (κ2) is 11.6. The number of likely N-dealkylation sites (tertiary alicyclic amines) is 1. The van der Waals surface area contributed by atoms with Gasteiger partial charge in [-0.15, -0.1) is 35.3 Å². The first-order valence-electron chi connectivity index (χ1n) is 10.5. The highest BCUT2D eigenvalue weighted by Crippen LogP contribution is 2.36. The van der Waals surface area contributed by atoms with E-state index in [1.807, 2.05) is 53.5 Å². The molecule has 6 nitrogen and oxygen atoms in total. The van der Waals surface area contributed by atoms with Crippen LogP contribution in [0.2, 0.25) is 0 Å². The van der Waals surface area contributed by atoms with Crippen molar-refractivity contribution in [3.8, 4) is 5.69 Å². The van der Waals surface area contributed by atoms with Crippen molar-refractivity contribution in [2.24, 2.45) is 10.9 Å². The summed E-state index contributed by atoms with van der Waals surface area (Å²) >= 11 is 1.86. The van der Waals surface area contributed by atoms with Crippen LogP contribution in [0.1, 0.15) is 29.5 Å². The average molecular weight is 551 g/mol. The van der Waals surface area contributed by atoms with E-state index in [0.29, 0.717) is 18.5 Å². The van der Waals surface area contributed by atoms with Crippen LogP contribution in [0.25, 0.3) is 5.69 Å². The number of piperidine rings is 1. The van der Waals surface area contributed by atoms with Crippen molar-refractivity contribution in [2.45, 2.75) is 25.4 Å². The molecule has 2 N–H and O–H groups in total. The number of halogens is 1. The molecule has 1 aliphatic heterocycles. The lowest BCUT2D eigenvalue weighted by atomic mass is 9.88. The van der Waals surface area contributed by atoms with E-state index in [0.717, 1.165) is 30.4 Å². The van der Waals surface area contributed by atoms with Crippen LogP contribution in [0.15, 0.2) is 65.1 Å². The average Bonchev–Trinajstić information content (AvgIpc) is 3.47. The molecule has 31 heavy (non-hydrogen) atoms. The Bertz CT molecular complexity index is 940. The molecule has 2 aromatic heterocycles. The quantitative estimate of drug-likeness (QED) is 0.273. The summed E-state index contributed by atoms with van der Waals surface area (Å²) in [5.74, 6) is 1.39. The van der Waals surface area contributed by atoms with E-state index in [2.05, 4.69) is 62.3 Å². The minimum atomic E-state index is 0. The van der Waals surface area contributed by atoms with Gasteiger partial charge in [0.2, 0.25) is 0 Å². The molecule has 0 radical (unpaired) electrons. The number of aliphatic imine (C=N–C) groups is 1. The van der Waals surface area contributed by atoms with Crippen molar-refractivity contribution in [3.05, 3.63) is 70.7 Å². The summed E-state index contributed by atoms with van der Waals surface area (Å²) in [5.41, 5.74) is 2.04. The van der Waals surface area contributed by atoms with Gasteiger partial charge in [0.1, 0.15) is 0 Å². The van der Waals surface area contributed by atoms with E-state index in [9.17, 15) is 0 Å². The van der Waals surface area contributed by atoms with Crippen LogP contribution < -0.4 is 10.6 Å². The molecule has 1 fully saturated rings. The maximum atomic E-state index is 4.66. The highest BCUT2D eigenvalue weighted by atomic mass is 127. The molecule has 2 atom stereocenters. The van der Waals surface area contributed by atoms with Crippen molar-refractivity contribution in [1.29, 1.82) is 0 Å². The Labute approximate surface area is 205 Å². The summed E-state index contributed by atoms with van der Waals surface area (Å²) in [5, 5.41) is 13.8. The third kappa shape index (κ3) is 6.08. The van der Waals surface area contributed by atoms with Crippen LogP contribution in [0, 0.1) is 5.92 Å². The van der Waals surface area contributed by atoms with Crippen molar-refractivity contribution in [1.82, 2.24) is 25.3 Å². The van der Waals surface area contributed by atoms with Crippen LogP contribution >= 0.6 is 35.3 Å². The standard InChI is InChI=1S/C23H30N6S.HI/c1-24-23(26-17-19-12-14-29(27-19)20-9-4-3-5-10-20)25-16-18-8-6-13-28(2)22(18)21-11-7-15-30-21;/h3-5,7,9-12,14-15,18,22H,6,8,13,16-17H2,1-2H3,(H2,24,25,26);1H. The molecule has 1 aliphatic rings. The van der Waals surface area contributed by atoms with Gasteiger partial charge in [-0.05, 0) is 62.0 Å². The number of guanidine groups is 1. The lowest BCUT2D eigenvalue weighted by molar-refractivity contribution is 0.125. The van der Waals surface area contributed by atoms with Crippen molar-refractivity contribution in [3.63, 3.8) is 0 Å². The van der Waals surface area contributed by atoms with Gasteiger partial charge in [-0.2, -0.15) is 5.10 Å². The largest absolute Gasteiger partial charge is 0.356 e. The molecule has 166 valence electrons. The van der Waals surface area contributed by atoms with Crippen molar-refractivity contribution in [2.75, 3.05) is 27.2 Å². The zero-order valence-corrected chi connectivity index (χ0v) is 21.2. The Morgan fingerprint density at radius 1 is 1.16 bits per heavy atom. The predicted octanol–water partition coefficient (Wildman–Crippen LogP) is 4.30. The maximum Gasteiger partial charge on any atom is 0.191 e.